The van der Waals surface area contributed by atoms with E-state index in [4.69, 9.17) is 5.73 Å². The number of aliphatic hydroxyl groups is 1. The van der Waals surface area contributed by atoms with Crippen LogP contribution in [-0.2, 0) is 0 Å². The lowest BCUT2D eigenvalue weighted by Crippen LogP contribution is -2.36. The first-order valence-electron chi connectivity index (χ1n) is 5.97. The lowest BCUT2D eigenvalue weighted by Gasteiger charge is -2.29. The molecule has 2 atom stereocenters. The smallest absolute Gasteiger partial charge is 0.0741 e. The Balaban J connectivity index is 2.07. The number of aliphatic hydroxyl groups excluding tert-OH is 1. The van der Waals surface area contributed by atoms with E-state index in [1.807, 2.05) is 25.1 Å². The molecule has 0 saturated heterocycles. The molecule has 3 heteroatoms. The van der Waals surface area contributed by atoms with E-state index >= 15 is 0 Å². The second-order valence-electron chi connectivity index (χ2n) is 4.68. The number of aryl methyl sites for hydroxylation is 1. The summed E-state index contributed by atoms with van der Waals surface area (Å²) in [5.74, 6) is 0. The number of nitrogens with one attached hydrogen (secondary N) is 1. The maximum atomic E-state index is 9.89. The molecule has 0 radical (unpaired) electrons. The van der Waals surface area contributed by atoms with Gasteiger partial charge in [-0.1, -0.05) is 12.8 Å². The standard InChI is InChI=1S/C13H20N2O/c1-9-8-10(14)6-7-11(9)15-12-4-2-3-5-13(12)16/h6-8,12-13,15-16H,2-5,14H2,1H3. The molecule has 1 fully saturated rings. The minimum absolute atomic E-state index is 0.191. The average molecular weight is 220 g/mol. The van der Waals surface area contributed by atoms with Crippen molar-refractivity contribution in [3.63, 3.8) is 0 Å². The molecule has 88 valence electrons. The Labute approximate surface area is 96.7 Å². The minimum Gasteiger partial charge on any atom is -0.399 e. The maximum absolute atomic E-state index is 9.89. The summed E-state index contributed by atoms with van der Waals surface area (Å²) in [6.45, 7) is 2.04. The Morgan fingerprint density at radius 3 is 2.75 bits per heavy atom. The summed E-state index contributed by atoms with van der Waals surface area (Å²) in [5.41, 5.74) is 8.72. The van der Waals surface area contributed by atoms with Gasteiger partial charge in [-0.3, -0.25) is 0 Å². The van der Waals surface area contributed by atoms with Gasteiger partial charge in [0, 0.05) is 11.4 Å². The van der Waals surface area contributed by atoms with Crippen LogP contribution in [0.15, 0.2) is 18.2 Å². The van der Waals surface area contributed by atoms with Crippen molar-refractivity contribution in [2.24, 2.45) is 0 Å². The van der Waals surface area contributed by atoms with E-state index < -0.39 is 0 Å². The van der Waals surface area contributed by atoms with Crippen LogP contribution in [0, 0.1) is 6.92 Å². The molecule has 1 aliphatic carbocycles. The Bertz CT molecular complexity index is 365. The number of hydrogen-bond donors (Lipinski definition) is 3. The molecule has 3 nitrogen and oxygen atoms in total. The topological polar surface area (TPSA) is 58.3 Å². The number of nitrogens with two attached hydrogens (primary N) is 1. The van der Waals surface area contributed by atoms with Gasteiger partial charge in [-0.25, -0.2) is 0 Å². The van der Waals surface area contributed by atoms with E-state index in [2.05, 4.69) is 5.32 Å². The average Bonchev–Trinajstić information content (AvgIpc) is 2.25. The Morgan fingerprint density at radius 1 is 1.31 bits per heavy atom. The van der Waals surface area contributed by atoms with Gasteiger partial charge in [-0.2, -0.15) is 0 Å². The van der Waals surface area contributed by atoms with Crippen molar-refractivity contribution in [3.8, 4) is 0 Å². The fourth-order valence-corrected chi connectivity index (χ4v) is 2.33. The van der Waals surface area contributed by atoms with E-state index in [-0.39, 0.29) is 12.1 Å². The molecular weight excluding hydrogens is 200 g/mol. The first kappa shape index (κ1) is 11.3. The van der Waals surface area contributed by atoms with Gasteiger partial charge < -0.3 is 16.2 Å². The summed E-state index contributed by atoms with van der Waals surface area (Å²) in [6.07, 6.45) is 4.07. The largest absolute Gasteiger partial charge is 0.399 e. The maximum Gasteiger partial charge on any atom is 0.0741 e. The van der Waals surface area contributed by atoms with Crippen LogP contribution in [0.1, 0.15) is 31.2 Å². The fourth-order valence-electron chi connectivity index (χ4n) is 2.33. The van der Waals surface area contributed by atoms with Crippen LogP contribution in [0.5, 0.6) is 0 Å². The van der Waals surface area contributed by atoms with Crippen molar-refractivity contribution in [1.29, 1.82) is 0 Å². The number of nitrogen functional groups attached to an aromatic ring is 1. The highest BCUT2D eigenvalue weighted by molar-refractivity contribution is 5.58. The zero-order valence-corrected chi connectivity index (χ0v) is 9.74. The van der Waals surface area contributed by atoms with Gasteiger partial charge in [0.15, 0.2) is 0 Å². The van der Waals surface area contributed by atoms with E-state index in [1.54, 1.807) is 0 Å². The molecule has 0 aliphatic heterocycles. The van der Waals surface area contributed by atoms with Crippen LogP contribution in [0.2, 0.25) is 0 Å². The zero-order chi connectivity index (χ0) is 11.5. The summed E-state index contributed by atoms with van der Waals surface area (Å²) in [6, 6.07) is 6.03. The molecule has 1 aromatic rings. The number of anilines is 2. The lowest BCUT2D eigenvalue weighted by atomic mass is 9.92. The van der Waals surface area contributed by atoms with Crippen molar-refractivity contribution in [2.75, 3.05) is 11.1 Å². The summed E-state index contributed by atoms with van der Waals surface area (Å²) in [7, 11) is 0. The Hall–Kier alpha value is -1.22. The third-order valence-electron chi connectivity index (χ3n) is 3.32. The van der Waals surface area contributed by atoms with Crippen molar-refractivity contribution in [1.82, 2.24) is 0 Å². The van der Waals surface area contributed by atoms with Gasteiger partial charge in [0.05, 0.1) is 12.1 Å². The molecule has 2 unspecified atom stereocenters. The highest BCUT2D eigenvalue weighted by atomic mass is 16.3. The molecule has 0 bridgehead atoms. The molecule has 16 heavy (non-hydrogen) atoms. The molecule has 2 rings (SSSR count). The highest BCUT2D eigenvalue weighted by Gasteiger charge is 2.22. The predicted molar refractivity (Wildman–Crippen MR) is 67.5 cm³/mol. The Morgan fingerprint density at radius 2 is 2.06 bits per heavy atom. The first-order valence-corrected chi connectivity index (χ1v) is 5.97. The molecule has 1 aliphatic rings. The van der Waals surface area contributed by atoms with E-state index in [9.17, 15) is 5.11 Å². The second kappa shape index (κ2) is 4.74. The van der Waals surface area contributed by atoms with Crippen LogP contribution in [0.3, 0.4) is 0 Å². The van der Waals surface area contributed by atoms with Crippen LogP contribution in [0.25, 0.3) is 0 Å². The minimum atomic E-state index is -0.217. The Kier molecular flexibility index (Phi) is 3.34. The molecule has 0 heterocycles. The zero-order valence-electron chi connectivity index (χ0n) is 9.74. The summed E-state index contributed by atoms with van der Waals surface area (Å²) < 4.78 is 0. The van der Waals surface area contributed by atoms with E-state index in [0.29, 0.717) is 0 Å². The third-order valence-corrected chi connectivity index (χ3v) is 3.32. The van der Waals surface area contributed by atoms with E-state index in [0.717, 1.165) is 36.2 Å². The molecule has 1 saturated carbocycles. The molecule has 0 aromatic heterocycles. The van der Waals surface area contributed by atoms with Gasteiger partial charge >= 0.3 is 0 Å². The number of benzene rings is 1. The predicted octanol–water partition coefficient (Wildman–Crippen LogP) is 2.29. The summed E-state index contributed by atoms with van der Waals surface area (Å²) in [4.78, 5) is 0. The normalized spacial score (nSPS) is 25.4. The summed E-state index contributed by atoms with van der Waals surface area (Å²) >= 11 is 0. The van der Waals surface area contributed by atoms with Gasteiger partial charge in [-0.05, 0) is 43.5 Å². The molecule has 0 amide bonds. The first-order chi connectivity index (χ1) is 7.66. The van der Waals surface area contributed by atoms with Crippen molar-refractivity contribution in [3.05, 3.63) is 23.8 Å². The van der Waals surface area contributed by atoms with Crippen molar-refractivity contribution >= 4 is 11.4 Å². The highest BCUT2D eigenvalue weighted by Crippen LogP contribution is 2.24. The van der Waals surface area contributed by atoms with Crippen molar-refractivity contribution in [2.45, 2.75) is 44.8 Å². The van der Waals surface area contributed by atoms with E-state index in [1.165, 1.54) is 6.42 Å². The van der Waals surface area contributed by atoms with Crippen LogP contribution in [-0.4, -0.2) is 17.3 Å². The van der Waals surface area contributed by atoms with Crippen LogP contribution in [0.4, 0.5) is 11.4 Å². The van der Waals surface area contributed by atoms with Gasteiger partial charge in [-0.15, -0.1) is 0 Å². The molecule has 0 spiro atoms. The molecule has 4 N–H and O–H groups in total. The monoisotopic (exact) mass is 220 g/mol. The van der Waals surface area contributed by atoms with Crippen molar-refractivity contribution < 1.29 is 5.11 Å². The summed E-state index contributed by atoms with van der Waals surface area (Å²) in [5, 5.41) is 13.3. The lowest BCUT2D eigenvalue weighted by molar-refractivity contribution is 0.116. The van der Waals surface area contributed by atoms with Gasteiger partial charge in [0.1, 0.15) is 0 Å². The van der Waals surface area contributed by atoms with Gasteiger partial charge in [0.25, 0.3) is 0 Å². The van der Waals surface area contributed by atoms with Crippen LogP contribution >= 0.6 is 0 Å². The molecule has 1 aromatic carbocycles. The molecular formula is C13H20N2O. The van der Waals surface area contributed by atoms with Gasteiger partial charge in [0.2, 0.25) is 0 Å². The third kappa shape index (κ3) is 2.47. The van der Waals surface area contributed by atoms with Crippen LogP contribution < -0.4 is 11.1 Å². The fraction of sp³-hybridized carbons (Fsp3) is 0.538. The number of rotatable bonds is 2. The second-order valence-corrected chi connectivity index (χ2v) is 4.68. The number of hydrogen-bond acceptors (Lipinski definition) is 3. The quantitative estimate of drug-likeness (QED) is 0.670. The SMILES string of the molecule is Cc1cc(N)ccc1NC1CCCCC1O.